The van der Waals surface area contributed by atoms with Gasteiger partial charge in [-0.05, 0) is 20.8 Å². The minimum atomic E-state index is -1.37. The molecule has 1 rings (SSSR count). The Hall–Kier alpha value is -2.03. The van der Waals surface area contributed by atoms with E-state index in [0.717, 1.165) is 11.5 Å². The molecule has 0 saturated carbocycles. The van der Waals surface area contributed by atoms with Crippen LogP contribution in [0.15, 0.2) is 5.16 Å². The molecule has 0 fully saturated rings. The Balaban J connectivity index is 3.01. The number of nitrogens with zero attached hydrogens (tertiary/aromatic N) is 3. The van der Waals surface area contributed by atoms with Crippen LogP contribution in [-0.2, 0) is 14.4 Å². The molecular formula is C9H12N4O4S. The van der Waals surface area contributed by atoms with Crippen LogP contribution in [0.1, 0.15) is 26.6 Å². The number of carboxylic acids is 1. The van der Waals surface area contributed by atoms with Gasteiger partial charge in [0.2, 0.25) is 11.5 Å². The third kappa shape index (κ3) is 3.23. The molecule has 1 heterocycles. The molecular weight excluding hydrogens is 260 g/mol. The van der Waals surface area contributed by atoms with Gasteiger partial charge in [-0.15, -0.1) is 0 Å². The summed E-state index contributed by atoms with van der Waals surface area (Å²) in [6.07, 6.45) is 0. The molecule has 0 spiro atoms. The van der Waals surface area contributed by atoms with Crippen molar-refractivity contribution in [1.29, 1.82) is 0 Å². The first-order valence-corrected chi connectivity index (χ1v) is 5.61. The second-order valence-corrected chi connectivity index (χ2v) is 4.64. The van der Waals surface area contributed by atoms with Crippen molar-refractivity contribution < 1.29 is 19.5 Å². The van der Waals surface area contributed by atoms with Gasteiger partial charge in [0.1, 0.15) is 0 Å². The summed E-state index contributed by atoms with van der Waals surface area (Å²) in [7, 11) is 0. The van der Waals surface area contributed by atoms with Gasteiger partial charge in [-0.1, -0.05) is 5.16 Å². The van der Waals surface area contributed by atoms with Crippen LogP contribution in [0.4, 0.5) is 5.13 Å². The summed E-state index contributed by atoms with van der Waals surface area (Å²) in [5.74, 6) is -1.81. The molecule has 0 amide bonds. The Labute approximate surface area is 107 Å². The van der Waals surface area contributed by atoms with Crippen LogP contribution >= 0.6 is 11.5 Å². The largest absolute Gasteiger partial charge is 0.476 e. The van der Waals surface area contributed by atoms with Gasteiger partial charge >= 0.3 is 5.97 Å². The van der Waals surface area contributed by atoms with Crippen LogP contribution in [-0.4, -0.2) is 37.5 Å². The zero-order chi connectivity index (χ0) is 13.9. The SMILES string of the molecule is CC(=O)C(C)(C)O/N=C(\C(=O)O)c1nsc(N)n1. The molecule has 9 heteroatoms. The first kappa shape index (κ1) is 14.0. The molecule has 0 aliphatic heterocycles. The van der Waals surface area contributed by atoms with Gasteiger partial charge < -0.3 is 15.7 Å². The molecule has 0 radical (unpaired) electrons. The first-order valence-electron chi connectivity index (χ1n) is 4.84. The van der Waals surface area contributed by atoms with E-state index in [0.29, 0.717) is 0 Å². The van der Waals surface area contributed by atoms with Crippen molar-refractivity contribution in [3.63, 3.8) is 0 Å². The summed E-state index contributed by atoms with van der Waals surface area (Å²) in [6, 6.07) is 0. The number of nitrogens with two attached hydrogens (primary N) is 1. The molecule has 3 N–H and O–H groups in total. The van der Waals surface area contributed by atoms with Crippen molar-refractivity contribution in [2.45, 2.75) is 26.4 Å². The van der Waals surface area contributed by atoms with E-state index in [1.54, 1.807) is 0 Å². The number of hydrogen-bond donors (Lipinski definition) is 2. The number of carboxylic acid groups (broad SMARTS) is 1. The highest BCUT2D eigenvalue weighted by atomic mass is 32.1. The maximum absolute atomic E-state index is 11.2. The molecule has 8 nitrogen and oxygen atoms in total. The molecule has 98 valence electrons. The van der Waals surface area contributed by atoms with E-state index in [1.165, 1.54) is 20.8 Å². The van der Waals surface area contributed by atoms with Crippen molar-refractivity contribution in [3.8, 4) is 0 Å². The predicted octanol–water partition coefficient (Wildman–Crippen LogP) is 0.293. The highest BCUT2D eigenvalue weighted by molar-refractivity contribution is 7.09. The third-order valence-electron chi connectivity index (χ3n) is 2.07. The molecule has 0 atom stereocenters. The molecule has 0 aromatic carbocycles. The number of nitrogen functional groups attached to an aromatic ring is 1. The minimum Gasteiger partial charge on any atom is -0.476 e. The van der Waals surface area contributed by atoms with Gasteiger partial charge in [0.05, 0.1) is 0 Å². The average Bonchev–Trinajstić information content (AvgIpc) is 2.64. The van der Waals surface area contributed by atoms with Crippen molar-refractivity contribution in [3.05, 3.63) is 5.82 Å². The summed E-state index contributed by atoms with van der Waals surface area (Å²) >= 11 is 0.840. The highest BCUT2D eigenvalue weighted by Crippen LogP contribution is 2.13. The lowest BCUT2D eigenvalue weighted by molar-refractivity contribution is -0.139. The normalized spacial score (nSPS) is 12.3. The van der Waals surface area contributed by atoms with E-state index in [4.69, 9.17) is 15.7 Å². The van der Waals surface area contributed by atoms with Crippen LogP contribution < -0.4 is 5.73 Å². The molecule has 0 unspecified atom stereocenters. The Morgan fingerprint density at radius 1 is 1.50 bits per heavy atom. The number of Topliss-reactive ketones (excluding diaryl/α,β-unsaturated/α-hetero) is 1. The summed E-state index contributed by atoms with van der Waals surface area (Å²) in [5, 5.41) is 12.5. The maximum Gasteiger partial charge on any atom is 0.362 e. The molecule has 18 heavy (non-hydrogen) atoms. The van der Waals surface area contributed by atoms with Gasteiger partial charge in [0.15, 0.2) is 16.5 Å². The topological polar surface area (TPSA) is 128 Å². The summed E-state index contributed by atoms with van der Waals surface area (Å²) in [4.78, 5) is 30.8. The monoisotopic (exact) mass is 272 g/mol. The van der Waals surface area contributed by atoms with Crippen molar-refractivity contribution >= 4 is 34.1 Å². The fraction of sp³-hybridized carbons (Fsp3) is 0.444. The summed E-state index contributed by atoms with van der Waals surface area (Å²) in [5.41, 5.74) is 3.63. The number of oxime groups is 1. The van der Waals surface area contributed by atoms with Crippen LogP contribution in [0.3, 0.4) is 0 Å². The number of carbonyl (C=O) groups is 2. The maximum atomic E-state index is 11.2. The molecule has 1 aromatic heterocycles. The highest BCUT2D eigenvalue weighted by Gasteiger charge is 2.28. The first-order chi connectivity index (χ1) is 8.24. The lowest BCUT2D eigenvalue weighted by Gasteiger charge is -2.18. The fourth-order valence-corrected chi connectivity index (χ4v) is 1.17. The van der Waals surface area contributed by atoms with E-state index in [-0.39, 0.29) is 16.7 Å². The van der Waals surface area contributed by atoms with Crippen molar-refractivity contribution in [2.24, 2.45) is 5.16 Å². The second kappa shape index (κ2) is 5.08. The molecule has 0 aliphatic carbocycles. The lowest BCUT2D eigenvalue weighted by atomic mass is 10.1. The van der Waals surface area contributed by atoms with Gasteiger partial charge in [-0.25, -0.2) is 4.79 Å². The smallest absolute Gasteiger partial charge is 0.362 e. The summed E-state index contributed by atoms with van der Waals surface area (Å²) in [6.45, 7) is 4.26. The molecule has 1 aromatic rings. The van der Waals surface area contributed by atoms with Crippen LogP contribution in [0, 0.1) is 0 Å². The number of aromatic nitrogens is 2. The zero-order valence-corrected chi connectivity index (χ0v) is 10.8. The fourth-order valence-electron chi connectivity index (χ4n) is 0.731. The predicted molar refractivity (Wildman–Crippen MR) is 64.3 cm³/mol. The van der Waals surface area contributed by atoms with E-state index < -0.39 is 17.3 Å². The van der Waals surface area contributed by atoms with Gasteiger partial charge in [0, 0.05) is 11.5 Å². The third-order valence-corrected chi connectivity index (χ3v) is 2.61. The Bertz CT molecular complexity index is 508. The van der Waals surface area contributed by atoms with E-state index in [9.17, 15) is 9.59 Å². The van der Waals surface area contributed by atoms with Crippen LogP contribution in [0.25, 0.3) is 0 Å². The number of anilines is 1. The zero-order valence-electron chi connectivity index (χ0n) is 10.00. The Morgan fingerprint density at radius 2 is 2.11 bits per heavy atom. The number of rotatable bonds is 5. The lowest BCUT2D eigenvalue weighted by Crippen LogP contribution is -2.32. The number of ketones is 1. The van der Waals surface area contributed by atoms with Gasteiger partial charge in [0.25, 0.3) is 0 Å². The minimum absolute atomic E-state index is 0.116. The Morgan fingerprint density at radius 3 is 2.50 bits per heavy atom. The van der Waals surface area contributed by atoms with E-state index in [2.05, 4.69) is 14.5 Å². The van der Waals surface area contributed by atoms with Crippen LogP contribution in [0.2, 0.25) is 0 Å². The quantitative estimate of drug-likeness (QED) is 0.582. The number of aliphatic carboxylic acids is 1. The molecule has 0 bridgehead atoms. The van der Waals surface area contributed by atoms with Gasteiger partial charge in [-0.3, -0.25) is 4.79 Å². The number of carbonyl (C=O) groups excluding carboxylic acids is 1. The Kier molecular flexibility index (Phi) is 3.96. The molecule has 0 saturated heterocycles. The van der Waals surface area contributed by atoms with Crippen molar-refractivity contribution in [1.82, 2.24) is 9.36 Å². The molecule has 0 aliphatic rings. The van der Waals surface area contributed by atoms with Gasteiger partial charge in [-0.2, -0.15) is 9.36 Å². The summed E-state index contributed by atoms with van der Waals surface area (Å²) < 4.78 is 3.71. The van der Waals surface area contributed by atoms with E-state index >= 15 is 0 Å². The van der Waals surface area contributed by atoms with Crippen LogP contribution in [0.5, 0.6) is 0 Å². The van der Waals surface area contributed by atoms with Crippen molar-refractivity contribution in [2.75, 3.05) is 5.73 Å². The second-order valence-electron chi connectivity index (χ2n) is 3.86. The standard InChI is InChI=1S/C9H12N4O4S/c1-4(14)9(2,3)17-12-5(7(15)16)6-11-8(10)18-13-6/h1-3H3,(H,15,16)(H2,10,11,13)/b12-5-. The average molecular weight is 272 g/mol. The van der Waals surface area contributed by atoms with E-state index in [1.807, 2.05) is 0 Å². The number of hydrogen-bond acceptors (Lipinski definition) is 8.